The molecular formula is C23H22F2N2O3. The third-order valence-electron chi connectivity index (χ3n) is 5.50. The van der Waals surface area contributed by atoms with Gasteiger partial charge in [0.25, 0.3) is 5.56 Å². The lowest BCUT2D eigenvalue weighted by molar-refractivity contribution is -0.0322. The van der Waals surface area contributed by atoms with E-state index in [9.17, 15) is 18.4 Å². The van der Waals surface area contributed by atoms with Crippen LogP contribution < -0.4 is 11.2 Å². The molecule has 0 N–H and O–H groups in total. The van der Waals surface area contributed by atoms with Gasteiger partial charge in [-0.1, -0.05) is 60.7 Å². The van der Waals surface area contributed by atoms with E-state index in [2.05, 4.69) is 0 Å². The number of rotatable bonds is 7. The third kappa shape index (κ3) is 4.11. The number of ether oxygens (including phenoxy) is 1. The normalized spacial score (nSPS) is 20.7. The highest BCUT2D eigenvalue weighted by Gasteiger charge is 2.43. The molecule has 3 aromatic rings. The van der Waals surface area contributed by atoms with Gasteiger partial charge in [-0.3, -0.25) is 13.9 Å². The molecule has 1 saturated carbocycles. The maximum Gasteiger partial charge on any atom is 0.331 e. The Morgan fingerprint density at radius 3 is 2.23 bits per heavy atom. The van der Waals surface area contributed by atoms with E-state index in [1.165, 1.54) is 0 Å². The molecule has 0 amide bonds. The fraction of sp³-hybridized carbons (Fsp3) is 0.304. The van der Waals surface area contributed by atoms with Crippen molar-refractivity contribution in [3.8, 4) is 0 Å². The van der Waals surface area contributed by atoms with Crippen LogP contribution in [0.3, 0.4) is 0 Å². The first kappa shape index (κ1) is 20.2. The van der Waals surface area contributed by atoms with Gasteiger partial charge in [-0.25, -0.2) is 9.18 Å². The molecule has 5 nitrogen and oxygen atoms in total. The van der Waals surface area contributed by atoms with E-state index in [0.717, 1.165) is 20.9 Å². The van der Waals surface area contributed by atoms with Crippen molar-refractivity contribution in [1.29, 1.82) is 0 Å². The first-order valence-corrected chi connectivity index (χ1v) is 9.85. The highest BCUT2D eigenvalue weighted by Crippen LogP contribution is 2.40. The molecule has 1 aliphatic carbocycles. The van der Waals surface area contributed by atoms with Gasteiger partial charge in [0.1, 0.15) is 6.17 Å². The van der Waals surface area contributed by atoms with Gasteiger partial charge in [-0.2, -0.15) is 4.39 Å². The maximum absolute atomic E-state index is 14.8. The first-order valence-electron chi connectivity index (χ1n) is 9.85. The van der Waals surface area contributed by atoms with Crippen LogP contribution in [-0.4, -0.2) is 21.9 Å². The summed E-state index contributed by atoms with van der Waals surface area (Å²) in [5.74, 6) is -1.44. The lowest BCUT2D eigenvalue weighted by atomic mass is 9.78. The highest BCUT2D eigenvalue weighted by atomic mass is 19.1. The largest absolute Gasteiger partial charge is 0.376 e. The summed E-state index contributed by atoms with van der Waals surface area (Å²) in [6, 6.07) is 17.6. The van der Waals surface area contributed by atoms with E-state index in [1.807, 2.05) is 30.3 Å². The lowest BCUT2D eigenvalue weighted by Gasteiger charge is -2.40. The number of halogens is 2. The minimum absolute atomic E-state index is 0.0659. The Morgan fingerprint density at radius 2 is 1.60 bits per heavy atom. The molecule has 1 aromatic heterocycles. The van der Waals surface area contributed by atoms with E-state index in [1.54, 1.807) is 30.3 Å². The molecule has 0 spiro atoms. The van der Waals surface area contributed by atoms with Crippen molar-refractivity contribution in [2.75, 3.05) is 6.61 Å². The van der Waals surface area contributed by atoms with Gasteiger partial charge in [0.15, 0.2) is 0 Å². The predicted molar refractivity (Wildman–Crippen MR) is 109 cm³/mol. The van der Waals surface area contributed by atoms with Gasteiger partial charge in [0.05, 0.1) is 32.0 Å². The zero-order valence-corrected chi connectivity index (χ0v) is 16.3. The molecule has 0 saturated heterocycles. The number of hydrogen-bond donors (Lipinski definition) is 0. The number of hydrogen-bond acceptors (Lipinski definition) is 3. The van der Waals surface area contributed by atoms with E-state index in [4.69, 9.17) is 4.74 Å². The zero-order valence-electron chi connectivity index (χ0n) is 16.3. The Morgan fingerprint density at radius 1 is 0.967 bits per heavy atom. The Labute approximate surface area is 172 Å². The van der Waals surface area contributed by atoms with Crippen molar-refractivity contribution in [3.63, 3.8) is 0 Å². The Balaban J connectivity index is 1.45. The van der Waals surface area contributed by atoms with Gasteiger partial charge in [-0.05, 0) is 17.5 Å². The molecular weight excluding hydrogens is 390 g/mol. The summed E-state index contributed by atoms with van der Waals surface area (Å²) < 4.78 is 36.4. The monoisotopic (exact) mass is 412 g/mol. The van der Waals surface area contributed by atoms with Gasteiger partial charge < -0.3 is 4.74 Å². The second-order valence-corrected chi connectivity index (χ2v) is 7.55. The van der Waals surface area contributed by atoms with E-state index in [0.29, 0.717) is 18.6 Å². The van der Waals surface area contributed by atoms with Crippen LogP contribution in [0.15, 0.2) is 76.4 Å². The molecule has 30 heavy (non-hydrogen) atoms. The first-order chi connectivity index (χ1) is 14.5. The molecule has 1 unspecified atom stereocenters. The van der Waals surface area contributed by atoms with E-state index >= 15 is 0 Å². The van der Waals surface area contributed by atoms with Crippen LogP contribution in [0, 0.1) is 11.7 Å². The van der Waals surface area contributed by atoms with Crippen LogP contribution in [0.1, 0.15) is 23.6 Å². The van der Waals surface area contributed by atoms with Crippen molar-refractivity contribution < 1.29 is 13.5 Å². The highest BCUT2D eigenvalue weighted by molar-refractivity contribution is 5.15. The molecule has 3 atom stereocenters. The smallest absolute Gasteiger partial charge is 0.331 e. The van der Waals surface area contributed by atoms with Crippen LogP contribution >= 0.6 is 0 Å². The summed E-state index contributed by atoms with van der Waals surface area (Å²) in [5.41, 5.74) is -0.0272. The van der Waals surface area contributed by atoms with Crippen LogP contribution in [0.4, 0.5) is 8.78 Å². The molecule has 0 bridgehead atoms. The van der Waals surface area contributed by atoms with Gasteiger partial charge in [-0.15, -0.1) is 0 Å². The van der Waals surface area contributed by atoms with Crippen LogP contribution in [-0.2, 0) is 17.9 Å². The molecule has 4 rings (SSSR count). The van der Waals surface area contributed by atoms with Crippen LogP contribution in [0.2, 0.25) is 0 Å². The molecule has 1 aliphatic rings. The van der Waals surface area contributed by atoms with E-state index < -0.39 is 29.3 Å². The predicted octanol–water partition coefficient (Wildman–Crippen LogP) is 3.31. The minimum Gasteiger partial charge on any atom is -0.376 e. The summed E-state index contributed by atoms with van der Waals surface area (Å²) >= 11 is 0. The molecule has 1 fully saturated rings. The number of aromatic nitrogens is 2. The fourth-order valence-electron chi connectivity index (χ4n) is 3.75. The van der Waals surface area contributed by atoms with Crippen molar-refractivity contribution >= 4 is 0 Å². The van der Waals surface area contributed by atoms with Gasteiger partial charge in [0.2, 0.25) is 5.82 Å². The fourth-order valence-corrected chi connectivity index (χ4v) is 3.75. The average molecular weight is 412 g/mol. The second kappa shape index (κ2) is 8.75. The Bertz CT molecular complexity index is 1110. The molecule has 1 heterocycles. The van der Waals surface area contributed by atoms with Crippen LogP contribution in [0.25, 0.3) is 0 Å². The van der Waals surface area contributed by atoms with Gasteiger partial charge >= 0.3 is 5.69 Å². The number of benzene rings is 2. The minimum atomic E-state index is -1.35. The summed E-state index contributed by atoms with van der Waals surface area (Å²) in [6.07, 6.45) is -0.177. The SMILES string of the molecule is O=c1c(F)cn([C@@H]2C[C@H](COCc3ccccc3)C2F)c(=O)n1Cc1ccccc1. The van der Waals surface area contributed by atoms with Crippen molar-refractivity contribution in [2.24, 2.45) is 5.92 Å². The standard InChI is InChI=1S/C23H22F2N2O3/c24-19-13-26(23(29)27(22(19)28)12-16-7-3-1-4-8-16)20-11-18(21(20)25)15-30-14-17-9-5-2-6-10-17/h1-10,13,18,20-21H,11-12,14-15H2/t18-,20-,21?/m1/s1. The van der Waals surface area contributed by atoms with Crippen molar-refractivity contribution in [2.45, 2.75) is 31.8 Å². The average Bonchev–Trinajstić information content (AvgIpc) is 2.77. The Hall–Kier alpha value is -3.06. The molecule has 2 aromatic carbocycles. The van der Waals surface area contributed by atoms with Crippen molar-refractivity contribution in [3.05, 3.63) is 105 Å². The van der Waals surface area contributed by atoms with Crippen LogP contribution in [0.5, 0.6) is 0 Å². The summed E-state index contributed by atoms with van der Waals surface area (Å²) in [7, 11) is 0. The Kier molecular flexibility index (Phi) is 5.90. The topological polar surface area (TPSA) is 53.2 Å². The second-order valence-electron chi connectivity index (χ2n) is 7.55. The summed E-state index contributed by atoms with van der Waals surface area (Å²) in [5, 5.41) is 0. The van der Waals surface area contributed by atoms with E-state index in [-0.39, 0.29) is 19.1 Å². The number of alkyl halides is 1. The third-order valence-corrected chi connectivity index (χ3v) is 5.50. The number of nitrogens with zero attached hydrogens (tertiary/aromatic N) is 2. The maximum atomic E-state index is 14.8. The molecule has 0 radical (unpaired) electrons. The van der Waals surface area contributed by atoms with Gasteiger partial charge in [0, 0.05) is 5.92 Å². The molecule has 7 heteroatoms. The van der Waals surface area contributed by atoms with Crippen molar-refractivity contribution in [1.82, 2.24) is 9.13 Å². The quantitative estimate of drug-likeness (QED) is 0.598. The summed E-state index contributed by atoms with van der Waals surface area (Å²) in [6.45, 7) is 0.530. The molecule has 156 valence electrons. The lowest BCUT2D eigenvalue weighted by Crippen LogP contribution is -2.50. The summed E-state index contributed by atoms with van der Waals surface area (Å²) in [4.78, 5) is 25.0. The molecule has 0 aliphatic heterocycles. The zero-order chi connectivity index (χ0) is 21.1.